The minimum Gasteiger partial charge on any atom is -0.480 e. The number of carboxylic acids is 1. The highest BCUT2D eigenvalue weighted by Gasteiger charge is 2.38. The van der Waals surface area contributed by atoms with Crippen LogP contribution in [0.2, 0.25) is 0 Å². The number of benzene rings is 1. The maximum atomic E-state index is 11.7. The number of likely N-dealkylation sites (tertiary alicyclic amines) is 1. The van der Waals surface area contributed by atoms with E-state index in [1.165, 1.54) is 0 Å². The summed E-state index contributed by atoms with van der Waals surface area (Å²) in [4.78, 5) is 13.8. The molecule has 1 aliphatic heterocycles. The van der Waals surface area contributed by atoms with Crippen LogP contribution in [0.4, 0.5) is 0 Å². The lowest BCUT2D eigenvalue weighted by Crippen LogP contribution is -2.54. The standard InChI is InChI=1S/C16H24N2O3/c1-21-11-13-7-9-18(10-8-13)12-16(17,15(19)20)14-5-3-2-4-6-14/h2-6,13H,7-12,17H2,1H3,(H,19,20). The number of aliphatic carboxylic acids is 1. The van der Waals surface area contributed by atoms with Gasteiger partial charge in [-0.2, -0.15) is 0 Å². The molecule has 1 saturated heterocycles. The summed E-state index contributed by atoms with van der Waals surface area (Å²) in [5.41, 5.74) is 5.52. The van der Waals surface area contributed by atoms with Gasteiger partial charge in [0.2, 0.25) is 0 Å². The van der Waals surface area contributed by atoms with Crippen molar-refractivity contribution in [2.45, 2.75) is 18.4 Å². The molecule has 0 radical (unpaired) electrons. The first kappa shape index (κ1) is 15.9. The fourth-order valence-electron chi connectivity index (χ4n) is 2.92. The number of nitrogens with zero attached hydrogens (tertiary/aromatic N) is 1. The minimum atomic E-state index is -1.35. The summed E-state index contributed by atoms with van der Waals surface area (Å²) in [6.07, 6.45) is 2.05. The molecule has 2 rings (SSSR count). The lowest BCUT2D eigenvalue weighted by atomic mass is 9.89. The van der Waals surface area contributed by atoms with Crippen molar-refractivity contribution >= 4 is 5.97 Å². The number of methoxy groups -OCH3 is 1. The van der Waals surface area contributed by atoms with Gasteiger partial charge < -0.3 is 20.5 Å². The number of carbonyl (C=O) groups is 1. The van der Waals surface area contributed by atoms with Gasteiger partial charge in [0.1, 0.15) is 0 Å². The van der Waals surface area contributed by atoms with Crippen LogP contribution in [0.3, 0.4) is 0 Å². The second-order valence-corrected chi connectivity index (χ2v) is 5.82. The van der Waals surface area contributed by atoms with Crippen LogP contribution in [0.5, 0.6) is 0 Å². The molecule has 1 unspecified atom stereocenters. The van der Waals surface area contributed by atoms with E-state index in [-0.39, 0.29) is 0 Å². The Morgan fingerprint density at radius 1 is 1.38 bits per heavy atom. The molecule has 1 aromatic rings. The highest BCUT2D eigenvalue weighted by molar-refractivity contribution is 5.80. The fourth-order valence-corrected chi connectivity index (χ4v) is 2.92. The average molecular weight is 292 g/mol. The van der Waals surface area contributed by atoms with Gasteiger partial charge in [0.05, 0.1) is 0 Å². The van der Waals surface area contributed by atoms with Crippen LogP contribution in [0.15, 0.2) is 30.3 Å². The molecule has 0 saturated carbocycles. The second-order valence-electron chi connectivity index (χ2n) is 5.82. The van der Waals surface area contributed by atoms with E-state index >= 15 is 0 Å². The summed E-state index contributed by atoms with van der Waals surface area (Å²) in [5, 5.41) is 9.58. The van der Waals surface area contributed by atoms with Crippen LogP contribution in [-0.2, 0) is 15.1 Å². The molecule has 1 heterocycles. The first-order valence-electron chi connectivity index (χ1n) is 7.35. The quantitative estimate of drug-likeness (QED) is 0.826. The molecule has 0 aromatic heterocycles. The summed E-state index contributed by atoms with van der Waals surface area (Å²) < 4.78 is 5.19. The van der Waals surface area contributed by atoms with E-state index in [2.05, 4.69) is 4.90 Å². The molecule has 0 spiro atoms. The molecule has 0 bridgehead atoms. The third-order valence-corrected chi connectivity index (χ3v) is 4.25. The van der Waals surface area contributed by atoms with Crippen molar-refractivity contribution in [3.8, 4) is 0 Å². The Kier molecular flexibility index (Phi) is 5.33. The Bertz CT molecular complexity index is 458. The van der Waals surface area contributed by atoms with E-state index in [1.807, 2.05) is 18.2 Å². The van der Waals surface area contributed by atoms with Crippen molar-refractivity contribution in [2.75, 3.05) is 33.4 Å². The van der Waals surface area contributed by atoms with Gasteiger partial charge in [-0.15, -0.1) is 0 Å². The van der Waals surface area contributed by atoms with Crippen molar-refractivity contribution in [3.05, 3.63) is 35.9 Å². The van der Waals surface area contributed by atoms with Gasteiger partial charge in [0, 0.05) is 20.3 Å². The zero-order valence-electron chi connectivity index (χ0n) is 12.5. The van der Waals surface area contributed by atoms with Gasteiger partial charge in [-0.25, -0.2) is 4.79 Å². The van der Waals surface area contributed by atoms with Crippen molar-refractivity contribution in [1.82, 2.24) is 4.90 Å². The van der Waals surface area contributed by atoms with Gasteiger partial charge in [-0.05, 0) is 37.4 Å². The molecule has 5 heteroatoms. The maximum Gasteiger partial charge on any atom is 0.329 e. The smallest absolute Gasteiger partial charge is 0.329 e. The van der Waals surface area contributed by atoms with E-state index in [4.69, 9.17) is 10.5 Å². The highest BCUT2D eigenvalue weighted by atomic mass is 16.5. The topological polar surface area (TPSA) is 75.8 Å². The number of piperidine rings is 1. The first-order chi connectivity index (χ1) is 10.1. The fraction of sp³-hybridized carbons (Fsp3) is 0.562. The molecule has 0 amide bonds. The van der Waals surface area contributed by atoms with E-state index < -0.39 is 11.5 Å². The predicted molar refractivity (Wildman–Crippen MR) is 81.0 cm³/mol. The monoisotopic (exact) mass is 292 g/mol. The Morgan fingerprint density at radius 3 is 2.52 bits per heavy atom. The predicted octanol–water partition coefficient (Wildman–Crippen LogP) is 1.28. The Morgan fingerprint density at radius 2 is 2.00 bits per heavy atom. The molecule has 21 heavy (non-hydrogen) atoms. The number of rotatable bonds is 6. The van der Waals surface area contributed by atoms with Crippen LogP contribution in [-0.4, -0.2) is 49.3 Å². The number of carboxylic acid groups (broad SMARTS) is 1. The number of hydrogen-bond acceptors (Lipinski definition) is 4. The molecule has 1 aromatic carbocycles. The Labute approximate surface area is 125 Å². The van der Waals surface area contributed by atoms with Crippen molar-refractivity contribution in [1.29, 1.82) is 0 Å². The second kappa shape index (κ2) is 7.02. The maximum absolute atomic E-state index is 11.7. The number of ether oxygens (including phenoxy) is 1. The van der Waals surface area contributed by atoms with Gasteiger partial charge in [-0.1, -0.05) is 30.3 Å². The SMILES string of the molecule is COCC1CCN(CC(N)(C(=O)O)c2ccccc2)CC1. The zero-order chi connectivity index (χ0) is 15.3. The lowest BCUT2D eigenvalue weighted by Gasteiger charge is -2.37. The third-order valence-electron chi connectivity index (χ3n) is 4.25. The third kappa shape index (κ3) is 3.81. The van der Waals surface area contributed by atoms with Crippen molar-refractivity contribution in [2.24, 2.45) is 11.7 Å². The van der Waals surface area contributed by atoms with E-state index in [0.717, 1.165) is 32.5 Å². The molecule has 3 N–H and O–H groups in total. The summed E-state index contributed by atoms with van der Waals surface area (Å²) in [6, 6.07) is 9.08. The summed E-state index contributed by atoms with van der Waals surface area (Å²) in [7, 11) is 1.72. The molecule has 1 aliphatic rings. The number of hydrogen-bond donors (Lipinski definition) is 2. The van der Waals surface area contributed by atoms with E-state index in [0.29, 0.717) is 18.0 Å². The highest BCUT2D eigenvalue weighted by Crippen LogP contribution is 2.24. The van der Waals surface area contributed by atoms with Gasteiger partial charge >= 0.3 is 5.97 Å². The molecule has 5 nitrogen and oxygen atoms in total. The van der Waals surface area contributed by atoms with Gasteiger partial charge in [-0.3, -0.25) is 0 Å². The molecular weight excluding hydrogens is 268 g/mol. The Balaban J connectivity index is 2.03. The average Bonchev–Trinajstić information content (AvgIpc) is 2.50. The van der Waals surface area contributed by atoms with E-state index in [9.17, 15) is 9.90 Å². The normalized spacial score (nSPS) is 20.1. The van der Waals surface area contributed by atoms with Crippen LogP contribution < -0.4 is 5.73 Å². The van der Waals surface area contributed by atoms with Crippen LogP contribution in [0.25, 0.3) is 0 Å². The summed E-state index contributed by atoms with van der Waals surface area (Å²) in [6.45, 7) is 2.85. The van der Waals surface area contributed by atoms with E-state index in [1.54, 1.807) is 19.2 Å². The summed E-state index contributed by atoms with van der Waals surface area (Å²) >= 11 is 0. The Hall–Kier alpha value is -1.43. The van der Waals surface area contributed by atoms with Crippen LogP contribution >= 0.6 is 0 Å². The minimum absolute atomic E-state index is 0.339. The first-order valence-corrected chi connectivity index (χ1v) is 7.35. The van der Waals surface area contributed by atoms with Gasteiger partial charge in [0.15, 0.2) is 5.54 Å². The molecule has 1 fully saturated rings. The summed E-state index contributed by atoms with van der Waals surface area (Å²) in [5.74, 6) is -0.410. The van der Waals surface area contributed by atoms with Gasteiger partial charge in [0.25, 0.3) is 0 Å². The molecule has 1 atom stereocenters. The molecule has 0 aliphatic carbocycles. The largest absolute Gasteiger partial charge is 0.480 e. The van der Waals surface area contributed by atoms with Crippen LogP contribution in [0.1, 0.15) is 18.4 Å². The van der Waals surface area contributed by atoms with Crippen molar-refractivity contribution < 1.29 is 14.6 Å². The van der Waals surface area contributed by atoms with Crippen LogP contribution in [0, 0.1) is 5.92 Å². The lowest BCUT2D eigenvalue weighted by molar-refractivity contribution is -0.144. The molecule has 116 valence electrons. The number of nitrogens with two attached hydrogens (primary N) is 1. The zero-order valence-corrected chi connectivity index (χ0v) is 12.5. The molecular formula is C16H24N2O3. The van der Waals surface area contributed by atoms with Crippen molar-refractivity contribution in [3.63, 3.8) is 0 Å².